The number of hydrogen-bond acceptors (Lipinski definition) is 7. The lowest BCUT2D eigenvalue weighted by Gasteiger charge is -2.36. The van der Waals surface area contributed by atoms with Gasteiger partial charge in [-0.05, 0) is 23.6 Å². The number of rotatable bonds is 5. The standard InChI is InChI=1S/C18H17FN4O2S2/c19-13-4-1-2-5-14(13)22-7-9-23(10-8-22)16(24)12-27-18-21-20-17(25-18)15-6-3-11-26-15/h1-6,11H,7-10,12H2. The van der Waals surface area contributed by atoms with E-state index in [1.807, 2.05) is 28.5 Å². The zero-order valence-corrected chi connectivity index (χ0v) is 16.0. The van der Waals surface area contributed by atoms with E-state index >= 15 is 0 Å². The van der Waals surface area contributed by atoms with Crippen LogP contribution < -0.4 is 4.90 Å². The number of amides is 1. The first-order valence-electron chi connectivity index (χ1n) is 8.48. The van der Waals surface area contributed by atoms with Crippen molar-refractivity contribution in [2.24, 2.45) is 0 Å². The van der Waals surface area contributed by atoms with Gasteiger partial charge in [0.25, 0.3) is 11.1 Å². The Labute approximate surface area is 164 Å². The minimum atomic E-state index is -0.231. The molecule has 0 bridgehead atoms. The molecule has 0 unspecified atom stereocenters. The molecular formula is C18H17FN4O2S2. The number of hydrogen-bond donors (Lipinski definition) is 0. The second-order valence-corrected chi connectivity index (χ2v) is 7.83. The van der Waals surface area contributed by atoms with Crippen LogP contribution in [0.4, 0.5) is 10.1 Å². The van der Waals surface area contributed by atoms with Gasteiger partial charge in [-0.1, -0.05) is 30.0 Å². The molecule has 1 aliphatic rings. The third-order valence-corrected chi connectivity index (χ3v) is 5.94. The van der Waals surface area contributed by atoms with E-state index < -0.39 is 0 Å². The third kappa shape index (κ3) is 4.14. The van der Waals surface area contributed by atoms with E-state index in [1.54, 1.807) is 17.0 Å². The lowest BCUT2D eigenvalue weighted by molar-refractivity contribution is -0.128. The molecule has 0 N–H and O–H groups in total. The molecule has 1 fully saturated rings. The van der Waals surface area contributed by atoms with Gasteiger partial charge in [0.15, 0.2) is 0 Å². The summed E-state index contributed by atoms with van der Waals surface area (Å²) in [5.74, 6) is 0.500. The number of benzene rings is 1. The molecule has 6 nitrogen and oxygen atoms in total. The Morgan fingerprint density at radius 2 is 1.96 bits per heavy atom. The monoisotopic (exact) mass is 404 g/mol. The first kappa shape index (κ1) is 18.0. The number of para-hydroxylation sites is 1. The zero-order chi connectivity index (χ0) is 18.6. The van der Waals surface area contributed by atoms with Crippen molar-refractivity contribution in [1.82, 2.24) is 15.1 Å². The van der Waals surface area contributed by atoms with Crippen LogP contribution in [0.5, 0.6) is 0 Å². The molecule has 4 rings (SSSR count). The average molecular weight is 404 g/mol. The lowest BCUT2D eigenvalue weighted by Crippen LogP contribution is -2.49. The average Bonchev–Trinajstić information content (AvgIpc) is 3.38. The highest BCUT2D eigenvalue weighted by molar-refractivity contribution is 7.99. The maximum Gasteiger partial charge on any atom is 0.277 e. The topological polar surface area (TPSA) is 62.5 Å². The summed E-state index contributed by atoms with van der Waals surface area (Å²) < 4.78 is 19.5. The first-order valence-corrected chi connectivity index (χ1v) is 10.3. The molecule has 1 saturated heterocycles. The molecule has 0 atom stereocenters. The zero-order valence-electron chi connectivity index (χ0n) is 14.4. The molecule has 0 radical (unpaired) electrons. The van der Waals surface area contributed by atoms with E-state index in [0.717, 1.165) is 4.88 Å². The molecule has 1 aliphatic heterocycles. The van der Waals surface area contributed by atoms with Crippen LogP contribution in [0.1, 0.15) is 0 Å². The Morgan fingerprint density at radius 1 is 1.15 bits per heavy atom. The summed E-state index contributed by atoms with van der Waals surface area (Å²) in [4.78, 5) is 17.1. The van der Waals surface area contributed by atoms with Crippen molar-refractivity contribution in [2.45, 2.75) is 5.22 Å². The quantitative estimate of drug-likeness (QED) is 0.608. The number of nitrogens with zero attached hydrogens (tertiary/aromatic N) is 4. The van der Waals surface area contributed by atoms with Crippen molar-refractivity contribution in [3.8, 4) is 10.8 Å². The maximum absolute atomic E-state index is 13.9. The summed E-state index contributed by atoms with van der Waals surface area (Å²) >= 11 is 2.76. The Morgan fingerprint density at radius 3 is 2.70 bits per heavy atom. The highest BCUT2D eigenvalue weighted by Crippen LogP contribution is 2.27. The normalized spacial score (nSPS) is 14.6. The Bertz CT molecular complexity index is 908. The van der Waals surface area contributed by atoms with Crippen LogP contribution in [0.15, 0.2) is 51.4 Å². The number of thioether (sulfide) groups is 1. The maximum atomic E-state index is 13.9. The molecule has 0 saturated carbocycles. The van der Waals surface area contributed by atoms with Crippen LogP contribution in [-0.4, -0.2) is 52.9 Å². The van der Waals surface area contributed by atoms with Crippen LogP contribution in [0.2, 0.25) is 0 Å². The largest absolute Gasteiger partial charge is 0.410 e. The predicted octanol–water partition coefficient (Wildman–Crippen LogP) is 3.38. The van der Waals surface area contributed by atoms with E-state index in [9.17, 15) is 9.18 Å². The minimum Gasteiger partial charge on any atom is -0.410 e. The first-order chi connectivity index (χ1) is 13.2. The van der Waals surface area contributed by atoms with Crippen molar-refractivity contribution in [1.29, 1.82) is 0 Å². The summed E-state index contributed by atoms with van der Waals surface area (Å²) in [6.45, 7) is 2.36. The van der Waals surface area contributed by atoms with Crippen LogP contribution in [-0.2, 0) is 4.79 Å². The Balaban J connectivity index is 1.28. The number of piperazine rings is 1. The minimum absolute atomic E-state index is 0.0176. The number of carbonyl (C=O) groups excluding carboxylic acids is 1. The SMILES string of the molecule is O=C(CSc1nnc(-c2cccs2)o1)N1CCN(c2ccccc2F)CC1. The van der Waals surface area contributed by atoms with Gasteiger partial charge in [0.2, 0.25) is 5.91 Å². The summed E-state index contributed by atoms with van der Waals surface area (Å²) in [5.41, 5.74) is 0.589. The van der Waals surface area contributed by atoms with Crippen LogP contribution in [0, 0.1) is 5.82 Å². The number of aromatic nitrogens is 2. The number of anilines is 1. The summed E-state index contributed by atoms with van der Waals surface area (Å²) in [6, 6.07) is 10.6. The van der Waals surface area contributed by atoms with Gasteiger partial charge in [0.1, 0.15) is 5.82 Å². The number of carbonyl (C=O) groups is 1. The Hall–Kier alpha value is -2.39. The fourth-order valence-electron chi connectivity index (χ4n) is 2.89. The molecular weight excluding hydrogens is 387 g/mol. The summed E-state index contributed by atoms with van der Waals surface area (Å²) in [5, 5.41) is 10.3. The van der Waals surface area contributed by atoms with E-state index in [0.29, 0.717) is 43.0 Å². The second-order valence-electron chi connectivity index (χ2n) is 5.96. The number of halogens is 1. The van der Waals surface area contributed by atoms with Gasteiger partial charge in [-0.2, -0.15) is 0 Å². The molecule has 140 valence electrons. The van der Waals surface area contributed by atoms with E-state index in [2.05, 4.69) is 10.2 Å². The van der Waals surface area contributed by atoms with Crippen molar-refractivity contribution < 1.29 is 13.6 Å². The second kappa shape index (κ2) is 8.10. The highest BCUT2D eigenvalue weighted by atomic mass is 32.2. The van der Waals surface area contributed by atoms with Gasteiger partial charge >= 0.3 is 0 Å². The predicted molar refractivity (Wildman–Crippen MR) is 104 cm³/mol. The highest BCUT2D eigenvalue weighted by Gasteiger charge is 2.23. The van der Waals surface area contributed by atoms with Crippen molar-refractivity contribution in [2.75, 3.05) is 36.8 Å². The fourth-order valence-corrected chi connectivity index (χ4v) is 4.20. The van der Waals surface area contributed by atoms with Crippen molar-refractivity contribution >= 4 is 34.7 Å². The molecule has 0 aliphatic carbocycles. The van der Waals surface area contributed by atoms with E-state index in [-0.39, 0.29) is 17.5 Å². The fraction of sp³-hybridized carbons (Fsp3) is 0.278. The van der Waals surface area contributed by atoms with Crippen molar-refractivity contribution in [3.63, 3.8) is 0 Å². The summed E-state index contributed by atoms with van der Waals surface area (Å²) in [7, 11) is 0. The van der Waals surface area contributed by atoms with Crippen LogP contribution >= 0.6 is 23.1 Å². The van der Waals surface area contributed by atoms with Gasteiger partial charge in [-0.3, -0.25) is 4.79 Å². The molecule has 3 aromatic rings. The van der Waals surface area contributed by atoms with Crippen LogP contribution in [0.3, 0.4) is 0 Å². The van der Waals surface area contributed by atoms with Crippen LogP contribution in [0.25, 0.3) is 10.8 Å². The third-order valence-electron chi connectivity index (χ3n) is 4.28. The molecule has 2 aromatic heterocycles. The molecule has 1 amide bonds. The van der Waals surface area contributed by atoms with Gasteiger partial charge in [-0.25, -0.2) is 4.39 Å². The number of thiophene rings is 1. The van der Waals surface area contributed by atoms with Gasteiger partial charge in [-0.15, -0.1) is 21.5 Å². The van der Waals surface area contributed by atoms with Gasteiger partial charge < -0.3 is 14.2 Å². The molecule has 0 spiro atoms. The lowest BCUT2D eigenvalue weighted by atomic mass is 10.2. The van der Waals surface area contributed by atoms with Crippen molar-refractivity contribution in [3.05, 3.63) is 47.6 Å². The van der Waals surface area contributed by atoms with Gasteiger partial charge in [0, 0.05) is 26.2 Å². The molecule has 27 heavy (non-hydrogen) atoms. The van der Waals surface area contributed by atoms with E-state index in [4.69, 9.17) is 4.42 Å². The smallest absolute Gasteiger partial charge is 0.277 e. The molecule has 1 aromatic carbocycles. The molecule has 9 heteroatoms. The van der Waals surface area contributed by atoms with Gasteiger partial charge in [0.05, 0.1) is 16.3 Å². The van der Waals surface area contributed by atoms with E-state index in [1.165, 1.54) is 29.2 Å². The molecule has 3 heterocycles. The summed E-state index contributed by atoms with van der Waals surface area (Å²) in [6.07, 6.45) is 0. The Kier molecular flexibility index (Phi) is 5.40.